The number of guanidine groups is 1. The molecule has 5 nitrogen and oxygen atoms in total. The maximum absolute atomic E-state index is 11.8. The Labute approximate surface area is 126 Å². The first kappa shape index (κ1) is 16.8. The van der Waals surface area contributed by atoms with Gasteiger partial charge in [0.25, 0.3) is 0 Å². The number of esters is 1. The summed E-state index contributed by atoms with van der Waals surface area (Å²) in [5.74, 6) is 0.353. The predicted molar refractivity (Wildman–Crippen MR) is 85.9 cm³/mol. The van der Waals surface area contributed by atoms with E-state index in [1.165, 1.54) is 6.08 Å². The molecule has 0 atom stereocenters. The van der Waals surface area contributed by atoms with Crippen molar-refractivity contribution in [1.82, 2.24) is 9.80 Å². The average molecular weight is 289 g/mol. The molecule has 0 spiro atoms. The van der Waals surface area contributed by atoms with Crippen molar-refractivity contribution in [2.45, 2.75) is 6.92 Å². The highest BCUT2D eigenvalue weighted by Crippen LogP contribution is 2.16. The normalized spacial score (nSPS) is 10.8. The van der Waals surface area contributed by atoms with Gasteiger partial charge in [-0.05, 0) is 6.92 Å². The molecule has 1 aromatic rings. The molecule has 0 amide bonds. The van der Waals surface area contributed by atoms with Crippen molar-refractivity contribution in [1.29, 1.82) is 0 Å². The van der Waals surface area contributed by atoms with Crippen molar-refractivity contribution in [2.24, 2.45) is 4.99 Å². The number of carbonyl (C=O) groups is 1. The molecule has 0 aliphatic carbocycles. The molecule has 0 saturated carbocycles. The van der Waals surface area contributed by atoms with E-state index in [2.05, 4.69) is 4.99 Å². The van der Waals surface area contributed by atoms with Crippen molar-refractivity contribution in [3.8, 4) is 0 Å². The number of nitrogens with zero attached hydrogens (tertiary/aromatic N) is 3. The van der Waals surface area contributed by atoms with Crippen LogP contribution in [0.2, 0.25) is 0 Å². The van der Waals surface area contributed by atoms with Crippen LogP contribution in [-0.2, 0) is 9.53 Å². The monoisotopic (exact) mass is 289 g/mol. The van der Waals surface area contributed by atoms with E-state index in [4.69, 9.17) is 4.74 Å². The molecule has 114 valence electrons. The molecule has 0 radical (unpaired) electrons. The van der Waals surface area contributed by atoms with Crippen LogP contribution in [0, 0.1) is 0 Å². The largest absolute Gasteiger partial charge is 0.463 e. The molecule has 0 fully saturated rings. The molecule has 0 saturated heterocycles. The summed E-state index contributed by atoms with van der Waals surface area (Å²) >= 11 is 0. The molecule has 21 heavy (non-hydrogen) atoms. The molecule has 0 N–H and O–H groups in total. The van der Waals surface area contributed by atoms with Crippen molar-refractivity contribution in [2.75, 3.05) is 34.8 Å². The minimum absolute atomic E-state index is 0.343. The zero-order valence-corrected chi connectivity index (χ0v) is 13.3. The van der Waals surface area contributed by atoms with E-state index in [0.717, 1.165) is 11.5 Å². The van der Waals surface area contributed by atoms with E-state index in [-0.39, 0.29) is 0 Å². The highest BCUT2D eigenvalue weighted by Gasteiger charge is 2.10. The van der Waals surface area contributed by atoms with Gasteiger partial charge in [-0.15, -0.1) is 0 Å². The summed E-state index contributed by atoms with van der Waals surface area (Å²) in [4.78, 5) is 20.1. The zero-order chi connectivity index (χ0) is 15.8. The fourth-order valence-corrected chi connectivity index (χ4v) is 1.79. The smallest absolute Gasteiger partial charge is 0.332 e. The maximum atomic E-state index is 11.8. The fourth-order valence-electron chi connectivity index (χ4n) is 1.79. The third kappa shape index (κ3) is 5.30. The van der Waals surface area contributed by atoms with E-state index in [0.29, 0.717) is 12.3 Å². The molecule has 1 aromatic carbocycles. The lowest BCUT2D eigenvalue weighted by Gasteiger charge is -2.23. The minimum atomic E-state index is -0.392. The van der Waals surface area contributed by atoms with Crippen LogP contribution in [0.4, 0.5) is 0 Å². The Hall–Kier alpha value is -2.30. The minimum Gasteiger partial charge on any atom is -0.463 e. The number of hydrogen-bond donors (Lipinski definition) is 0. The first-order valence-corrected chi connectivity index (χ1v) is 6.83. The molecule has 5 heteroatoms. The maximum Gasteiger partial charge on any atom is 0.332 e. The van der Waals surface area contributed by atoms with Crippen LogP contribution in [0.1, 0.15) is 12.5 Å². The van der Waals surface area contributed by atoms with Gasteiger partial charge in [-0.2, -0.15) is 0 Å². The van der Waals surface area contributed by atoms with Crippen LogP contribution in [0.5, 0.6) is 0 Å². The van der Waals surface area contributed by atoms with Gasteiger partial charge in [0.05, 0.1) is 12.3 Å². The molecule has 0 aliphatic rings. The van der Waals surface area contributed by atoms with Crippen LogP contribution < -0.4 is 0 Å². The quantitative estimate of drug-likeness (QED) is 0.368. The van der Waals surface area contributed by atoms with Crippen LogP contribution >= 0.6 is 0 Å². The Morgan fingerprint density at radius 3 is 2.19 bits per heavy atom. The van der Waals surface area contributed by atoms with Gasteiger partial charge < -0.3 is 14.5 Å². The molecule has 0 aromatic heterocycles. The lowest BCUT2D eigenvalue weighted by Crippen LogP contribution is -2.35. The van der Waals surface area contributed by atoms with Crippen LogP contribution in [-0.4, -0.2) is 56.5 Å². The molecule has 0 heterocycles. The van der Waals surface area contributed by atoms with Crippen LogP contribution in [0.15, 0.2) is 41.4 Å². The second-order valence-corrected chi connectivity index (χ2v) is 4.85. The summed E-state index contributed by atoms with van der Waals surface area (Å²) in [7, 11) is 7.63. The van der Waals surface area contributed by atoms with Gasteiger partial charge in [0.15, 0.2) is 0 Å². The Morgan fingerprint density at radius 1 is 1.14 bits per heavy atom. The van der Waals surface area contributed by atoms with Gasteiger partial charge in [0, 0.05) is 39.8 Å². The molecule has 1 rings (SSSR count). The first-order valence-electron chi connectivity index (χ1n) is 6.83. The zero-order valence-electron chi connectivity index (χ0n) is 13.3. The number of benzene rings is 1. The van der Waals surface area contributed by atoms with Gasteiger partial charge in [0.1, 0.15) is 0 Å². The van der Waals surface area contributed by atoms with E-state index >= 15 is 0 Å². The fraction of sp³-hybridized carbons (Fsp3) is 0.375. The molecular weight excluding hydrogens is 266 g/mol. The van der Waals surface area contributed by atoms with Crippen molar-refractivity contribution in [3.63, 3.8) is 0 Å². The Morgan fingerprint density at radius 2 is 1.71 bits per heavy atom. The average Bonchev–Trinajstić information content (AvgIpc) is 2.43. The van der Waals surface area contributed by atoms with E-state index in [1.54, 1.807) is 6.92 Å². The van der Waals surface area contributed by atoms with Crippen LogP contribution in [0.25, 0.3) is 5.70 Å². The van der Waals surface area contributed by atoms with Crippen molar-refractivity contribution in [3.05, 3.63) is 42.0 Å². The number of rotatable bonds is 4. The van der Waals surface area contributed by atoms with E-state index < -0.39 is 5.97 Å². The third-order valence-electron chi connectivity index (χ3n) is 2.63. The SMILES string of the molecule is CCOC(=O)/C=C(/N=C(N(C)C)N(C)C)c1ccccc1. The second-order valence-electron chi connectivity index (χ2n) is 4.85. The topological polar surface area (TPSA) is 45.1 Å². The number of carbonyl (C=O) groups excluding carboxylic acids is 1. The first-order chi connectivity index (χ1) is 9.95. The Balaban J connectivity index is 3.26. The second kappa shape index (κ2) is 8.09. The van der Waals surface area contributed by atoms with Gasteiger partial charge in [-0.25, -0.2) is 9.79 Å². The van der Waals surface area contributed by atoms with Gasteiger partial charge in [-0.3, -0.25) is 0 Å². The molecule has 0 aliphatic heterocycles. The predicted octanol–water partition coefficient (Wildman–Crippen LogP) is 2.07. The van der Waals surface area contributed by atoms with Gasteiger partial charge in [0.2, 0.25) is 5.96 Å². The van der Waals surface area contributed by atoms with Crippen molar-refractivity contribution < 1.29 is 9.53 Å². The summed E-state index contributed by atoms with van der Waals surface area (Å²) in [6.07, 6.45) is 1.42. The lowest BCUT2D eigenvalue weighted by atomic mass is 10.1. The highest BCUT2D eigenvalue weighted by atomic mass is 16.5. The molecule has 0 unspecified atom stereocenters. The summed E-state index contributed by atoms with van der Waals surface area (Å²) in [6.45, 7) is 2.12. The van der Waals surface area contributed by atoms with Crippen molar-refractivity contribution >= 4 is 17.6 Å². The Bertz CT molecular complexity index is 510. The number of ether oxygens (including phenoxy) is 1. The standard InChI is InChI=1S/C16H23N3O2/c1-6-21-15(20)12-14(13-10-8-7-9-11-13)17-16(18(2)3)19(4)5/h7-12H,6H2,1-5H3/b14-12+. The lowest BCUT2D eigenvalue weighted by molar-refractivity contribution is -0.137. The molecular formula is C16H23N3O2. The number of aliphatic imine (C=N–C) groups is 1. The summed E-state index contributed by atoms with van der Waals surface area (Å²) in [5.41, 5.74) is 1.44. The number of hydrogen-bond acceptors (Lipinski definition) is 3. The van der Waals surface area contributed by atoms with Crippen LogP contribution in [0.3, 0.4) is 0 Å². The van der Waals surface area contributed by atoms with Gasteiger partial charge in [-0.1, -0.05) is 30.3 Å². The Kier molecular flexibility index (Phi) is 6.46. The molecule has 0 bridgehead atoms. The summed E-state index contributed by atoms with van der Waals surface area (Å²) in [6, 6.07) is 9.58. The highest BCUT2D eigenvalue weighted by molar-refractivity contribution is 5.94. The summed E-state index contributed by atoms with van der Waals surface area (Å²) in [5, 5.41) is 0. The van der Waals surface area contributed by atoms with E-state index in [1.807, 2.05) is 68.3 Å². The van der Waals surface area contributed by atoms with E-state index in [9.17, 15) is 4.79 Å². The van der Waals surface area contributed by atoms with Gasteiger partial charge >= 0.3 is 5.97 Å². The third-order valence-corrected chi connectivity index (χ3v) is 2.63. The summed E-state index contributed by atoms with van der Waals surface area (Å²) < 4.78 is 4.98.